The number of piperidine rings is 3. The smallest absolute Gasteiger partial charge is 0.255 e. The van der Waals surface area contributed by atoms with Gasteiger partial charge in [-0.05, 0) is 94.0 Å². The fraction of sp³-hybridized carbons (Fsp3) is 0.545. The zero-order valence-corrected chi connectivity index (χ0v) is 33.8. The topological polar surface area (TPSA) is 143 Å². The van der Waals surface area contributed by atoms with Gasteiger partial charge < -0.3 is 29.2 Å². The van der Waals surface area contributed by atoms with E-state index in [1.807, 2.05) is 12.1 Å². The molecule has 5 aliphatic heterocycles. The number of nitrogens with zero attached hydrogens (tertiary/aromatic N) is 8. The third kappa shape index (κ3) is 7.74. The number of ether oxygens (including phenoxy) is 1. The highest BCUT2D eigenvalue weighted by Crippen LogP contribution is 2.41. The van der Waals surface area contributed by atoms with Crippen molar-refractivity contribution in [2.45, 2.75) is 76.5 Å². The molecular formula is C44H53FN10O4. The van der Waals surface area contributed by atoms with Crippen molar-refractivity contribution in [1.29, 1.82) is 0 Å². The van der Waals surface area contributed by atoms with Gasteiger partial charge in [-0.3, -0.25) is 24.8 Å². The molecule has 5 fully saturated rings. The van der Waals surface area contributed by atoms with E-state index < -0.39 is 11.9 Å². The molecule has 2 aromatic heterocycles. The molecule has 2 aromatic carbocycles. The van der Waals surface area contributed by atoms with Crippen molar-refractivity contribution < 1.29 is 23.5 Å². The van der Waals surface area contributed by atoms with Gasteiger partial charge in [-0.2, -0.15) is 5.10 Å². The van der Waals surface area contributed by atoms with Crippen molar-refractivity contribution in [1.82, 2.24) is 40.2 Å². The van der Waals surface area contributed by atoms with Crippen LogP contribution < -0.4 is 19.9 Å². The fourth-order valence-corrected chi connectivity index (χ4v) is 9.89. The summed E-state index contributed by atoms with van der Waals surface area (Å²) in [5.41, 5.74) is 3.76. The Morgan fingerprint density at radius 1 is 0.831 bits per heavy atom. The van der Waals surface area contributed by atoms with E-state index in [4.69, 9.17) is 4.74 Å². The summed E-state index contributed by atoms with van der Waals surface area (Å²) in [6, 6.07) is 10.9. The number of halogens is 1. The van der Waals surface area contributed by atoms with Gasteiger partial charge in [0.15, 0.2) is 5.82 Å². The SMILES string of the molecule is CC1(Oc2ccc3[nH]nc(-c4cc(N5CCC(CN6CCN(CC7CCN(c8ccc9c(c8F)CN(C8CCC(=O)NC8=O)C9=O)CC7)CC6)CC5)ncn4)c3c2)CC1. The molecule has 14 nitrogen and oxygen atoms in total. The number of aromatic nitrogens is 4. The Labute approximate surface area is 343 Å². The van der Waals surface area contributed by atoms with E-state index in [-0.39, 0.29) is 42.6 Å². The average Bonchev–Trinajstić information content (AvgIpc) is 3.66. The first-order chi connectivity index (χ1) is 28.7. The van der Waals surface area contributed by atoms with E-state index in [1.165, 1.54) is 4.90 Å². The van der Waals surface area contributed by atoms with Crippen molar-refractivity contribution in [2.75, 3.05) is 75.2 Å². The molecule has 310 valence electrons. The molecule has 4 aromatic rings. The van der Waals surface area contributed by atoms with Gasteiger partial charge in [0.1, 0.15) is 35.2 Å². The monoisotopic (exact) mass is 804 g/mol. The molecule has 59 heavy (non-hydrogen) atoms. The number of carbonyl (C=O) groups excluding carboxylic acids is 3. The molecule has 3 amide bonds. The maximum atomic E-state index is 16.0. The third-order valence-electron chi connectivity index (χ3n) is 13.8. The van der Waals surface area contributed by atoms with Crippen LogP contribution in [-0.4, -0.2) is 130 Å². The maximum absolute atomic E-state index is 16.0. The fourth-order valence-electron chi connectivity index (χ4n) is 9.89. The summed E-state index contributed by atoms with van der Waals surface area (Å²) in [5, 5.41) is 11.1. The predicted molar refractivity (Wildman–Crippen MR) is 221 cm³/mol. The molecular weight excluding hydrogens is 752 g/mol. The molecule has 1 saturated carbocycles. The minimum Gasteiger partial charge on any atom is -0.488 e. The van der Waals surface area contributed by atoms with Crippen LogP contribution in [0.4, 0.5) is 15.9 Å². The molecule has 1 atom stereocenters. The Morgan fingerprint density at radius 2 is 1.53 bits per heavy atom. The largest absolute Gasteiger partial charge is 0.488 e. The number of anilines is 2. The Bertz CT molecular complexity index is 2250. The number of amides is 3. The lowest BCUT2D eigenvalue weighted by atomic mass is 9.94. The van der Waals surface area contributed by atoms with Gasteiger partial charge >= 0.3 is 0 Å². The molecule has 15 heteroatoms. The number of aromatic amines is 1. The summed E-state index contributed by atoms with van der Waals surface area (Å²) < 4.78 is 22.2. The highest BCUT2D eigenvalue weighted by atomic mass is 19.1. The van der Waals surface area contributed by atoms with E-state index in [1.54, 1.807) is 18.5 Å². The molecule has 1 unspecified atom stereocenters. The van der Waals surface area contributed by atoms with E-state index in [0.717, 1.165) is 138 Å². The van der Waals surface area contributed by atoms with Gasteiger partial charge in [0.05, 0.1) is 23.4 Å². The van der Waals surface area contributed by atoms with Crippen molar-refractivity contribution in [2.24, 2.45) is 11.8 Å². The molecule has 2 N–H and O–H groups in total. The summed E-state index contributed by atoms with van der Waals surface area (Å²) in [5.74, 6) is 1.53. The van der Waals surface area contributed by atoms with Crippen LogP contribution in [0, 0.1) is 17.7 Å². The van der Waals surface area contributed by atoms with Gasteiger partial charge in [-0.15, -0.1) is 0 Å². The van der Waals surface area contributed by atoms with Crippen LogP contribution in [0.3, 0.4) is 0 Å². The first-order valence-electron chi connectivity index (χ1n) is 21.6. The number of H-pyrrole nitrogens is 1. The Kier molecular flexibility index (Phi) is 9.98. The highest BCUT2D eigenvalue weighted by molar-refractivity contribution is 6.05. The molecule has 0 radical (unpaired) electrons. The van der Waals surface area contributed by atoms with Gasteiger partial charge in [-0.1, -0.05) is 0 Å². The first kappa shape index (κ1) is 38.1. The molecule has 6 aliphatic rings. The van der Waals surface area contributed by atoms with E-state index >= 15 is 4.39 Å². The zero-order valence-electron chi connectivity index (χ0n) is 33.8. The van der Waals surface area contributed by atoms with Crippen LogP contribution in [0.5, 0.6) is 5.75 Å². The number of carbonyl (C=O) groups is 3. The molecule has 7 heterocycles. The quantitative estimate of drug-likeness (QED) is 0.217. The number of rotatable bonds is 10. The van der Waals surface area contributed by atoms with Crippen LogP contribution in [-0.2, 0) is 16.1 Å². The van der Waals surface area contributed by atoms with Crippen molar-refractivity contribution >= 4 is 40.1 Å². The van der Waals surface area contributed by atoms with Crippen LogP contribution >= 0.6 is 0 Å². The van der Waals surface area contributed by atoms with E-state index in [0.29, 0.717) is 28.7 Å². The normalized spacial score (nSPS) is 23.3. The highest BCUT2D eigenvalue weighted by Gasteiger charge is 2.42. The molecule has 4 saturated heterocycles. The lowest BCUT2D eigenvalue weighted by Crippen LogP contribution is -2.52. The van der Waals surface area contributed by atoms with Crippen molar-refractivity contribution in [3.05, 3.63) is 59.7 Å². The third-order valence-corrected chi connectivity index (χ3v) is 13.8. The van der Waals surface area contributed by atoms with Crippen molar-refractivity contribution in [3.8, 4) is 17.1 Å². The predicted octanol–water partition coefficient (Wildman–Crippen LogP) is 4.60. The van der Waals surface area contributed by atoms with Crippen LogP contribution in [0.1, 0.15) is 74.2 Å². The number of nitrogens with one attached hydrogen (secondary N) is 2. The Hall–Kier alpha value is -5.15. The second-order valence-electron chi connectivity index (χ2n) is 17.9. The first-order valence-corrected chi connectivity index (χ1v) is 21.6. The number of imide groups is 1. The van der Waals surface area contributed by atoms with Crippen LogP contribution in [0.25, 0.3) is 22.3 Å². The molecule has 0 spiro atoms. The Balaban J connectivity index is 0.667. The summed E-state index contributed by atoms with van der Waals surface area (Å²) in [6.45, 7) is 12.3. The van der Waals surface area contributed by atoms with Crippen molar-refractivity contribution in [3.63, 3.8) is 0 Å². The van der Waals surface area contributed by atoms with Crippen LogP contribution in [0.2, 0.25) is 0 Å². The van der Waals surface area contributed by atoms with Gasteiger partial charge in [0, 0.05) is 94.4 Å². The van der Waals surface area contributed by atoms with Gasteiger partial charge in [0.2, 0.25) is 11.8 Å². The zero-order chi connectivity index (χ0) is 40.3. The maximum Gasteiger partial charge on any atom is 0.255 e. The number of piperazine rings is 1. The molecule has 10 rings (SSSR count). The van der Waals surface area contributed by atoms with E-state index in [9.17, 15) is 14.4 Å². The lowest BCUT2D eigenvalue weighted by Gasteiger charge is -2.41. The number of benzene rings is 2. The summed E-state index contributed by atoms with van der Waals surface area (Å²) >= 11 is 0. The second kappa shape index (κ2) is 15.5. The number of fused-ring (bicyclic) bond motifs is 2. The number of hydrogen-bond donors (Lipinski definition) is 2. The second-order valence-corrected chi connectivity index (χ2v) is 17.9. The summed E-state index contributed by atoms with van der Waals surface area (Å²) in [7, 11) is 0. The lowest BCUT2D eigenvalue weighted by molar-refractivity contribution is -0.136. The van der Waals surface area contributed by atoms with E-state index in [2.05, 4.69) is 64.1 Å². The molecule has 1 aliphatic carbocycles. The average molecular weight is 805 g/mol. The minimum atomic E-state index is -0.751. The Morgan fingerprint density at radius 3 is 2.20 bits per heavy atom. The molecule has 0 bridgehead atoms. The summed E-state index contributed by atoms with van der Waals surface area (Å²) in [4.78, 5) is 57.7. The number of hydrogen-bond acceptors (Lipinski definition) is 11. The van der Waals surface area contributed by atoms with Gasteiger partial charge in [-0.25, -0.2) is 14.4 Å². The minimum absolute atomic E-state index is 0.0439. The standard InChI is InChI=1S/C44H53FN10O4/c1-44(12-13-44)59-30-2-4-34-32(22-30)41(50-49-34)35-23-38(47-27-46-35)54-16-10-29(11-17-54)25-52-20-18-51(19-21-52)24-28-8-14-53(15-9-28)36-5-3-31-33(40(36)45)26-55(43(31)58)37-6-7-39(56)48-42(37)57/h2-5,22-23,27-29,37H,6-21,24-26H2,1H3,(H,49,50)(H,48,56,57). The van der Waals surface area contributed by atoms with Crippen LogP contribution in [0.15, 0.2) is 42.7 Å². The summed E-state index contributed by atoms with van der Waals surface area (Å²) in [6.07, 6.45) is 8.55. The van der Waals surface area contributed by atoms with Gasteiger partial charge in [0.25, 0.3) is 5.91 Å².